The Bertz CT molecular complexity index is 208. The fourth-order valence-corrected chi connectivity index (χ4v) is 1.97. The number of hydrogen-bond acceptors (Lipinski definition) is 3. The van der Waals surface area contributed by atoms with Gasteiger partial charge in [0.05, 0.1) is 18.8 Å². The Balaban J connectivity index is 2.14. The van der Waals surface area contributed by atoms with Gasteiger partial charge in [-0.3, -0.25) is 4.90 Å². The summed E-state index contributed by atoms with van der Waals surface area (Å²) in [5.41, 5.74) is 0. The van der Waals surface area contributed by atoms with Crippen molar-refractivity contribution in [2.75, 3.05) is 13.2 Å². The van der Waals surface area contributed by atoms with Gasteiger partial charge >= 0.3 is 6.09 Å². The number of fused-ring (bicyclic) bond motifs is 1. The molecule has 0 spiro atoms. The van der Waals surface area contributed by atoms with E-state index >= 15 is 0 Å². The summed E-state index contributed by atoms with van der Waals surface area (Å²) in [6, 6.07) is -0.331. The number of hydrogen-bond donors (Lipinski definition) is 2. The van der Waals surface area contributed by atoms with Crippen molar-refractivity contribution in [3.8, 4) is 0 Å². The first-order valence-electron chi connectivity index (χ1n) is 3.99. The molecule has 0 aromatic rings. The highest BCUT2D eigenvalue weighted by atomic mass is 16.5. The third-order valence-electron chi connectivity index (χ3n) is 2.52. The molecule has 68 valence electrons. The summed E-state index contributed by atoms with van der Waals surface area (Å²) in [5.74, 6) is 0. The standard InChI is InChI=1S/C7H11NO4/c9-4-3-12-5-1-2-8(6(4)5)7(10)11/h4-6,9H,1-3H2,(H,10,11)/t4-,5+,6+/m0/s1. The second-order valence-electron chi connectivity index (χ2n) is 3.19. The van der Waals surface area contributed by atoms with Crippen molar-refractivity contribution in [1.29, 1.82) is 0 Å². The minimum Gasteiger partial charge on any atom is -0.465 e. The first-order chi connectivity index (χ1) is 5.70. The van der Waals surface area contributed by atoms with Crippen LogP contribution in [-0.4, -0.2) is 52.6 Å². The van der Waals surface area contributed by atoms with Gasteiger partial charge in [-0.25, -0.2) is 4.79 Å². The van der Waals surface area contributed by atoms with Crippen LogP contribution >= 0.6 is 0 Å². The van der Waals surface area contributed by atoms with Crippen LogP contribution in [0.4, 0.5) is 4.79 Å². The zero-order chi connectivity index (χ0) is 8.72. The molecule has 12 heavy (non-hydrogen) atoms. The maximum atomic E-state index is 10.6. The van der Waals surface area contributed by atoms with Crippen molar-refractivity contribution >= 4 is 6.09 Å². The number of amides is 1. The molecule has 0 saturated carbocycles. The Hall–Kier alpha value is -0.810. The van der Waals surface area contributed by atoms with Crippen LogP contribution in [0.3, 0.4) is 0 Å². The molecule has 0 bridgehead atoms. The SMILES string of the molecule is O=C(O)N1CC[C@H]2OC[C@H](O)[C@H]21. The number of rotatable bonds is 0. The van der Waals surface area contributed by atoms with E-state index in [0.29, 0.717) is 13.0 Å². The highest BCUT2D eigenvalue weighted by molar-refractivity contribution is 5.66. The normalized spacial score (nSPS) is 40.1. The number of aliphatic hydroxyl groups excluding tert-OH is 1. The van der Waals surface area contributed by atoms with Crippen molar-refractivity contribution in [1.82, 2.24) is 4.90 Å². The largest absolute Gasteiger partial charge is 0.465 e. The third kappa shape index (κ3) is 0.971. The quantitative estimate of drug-likeness (QED) is 0.518. The summed E-state index contributed by atoms with van der Waals surface area (Å²) < 4.78 is 5.21. The maximum Gasteiger partial charge on any atom is 0.407 e. The van der Waals surface area contributed by atoms with Crippen LogP contribution in [0, 0.1) is 0 Å². The van der Waals surface area contributed by atoms with Gasteiger partial charge in [0.2, 0.25) is 0 Å². The van der Waals surface area contributed by atoms with Crippen molar-refractivity contribution in [2.24, 2.45) is 0 Å². The van der Waals surface area contributed by atoms with Gasteiger partial charge in [-0.15, -0.1) is 0 Å². The number of likely N-dealkylation sites (tertiary alicyclic amines) is 1. The molecule has 2 rings (SSSR count). The van der Waals surface area contributed by atoms with Crippen molar-refractivity contribution in [3.63, 3.8) is 0 Å². The minimum atomic E-state index is -0.966. The van der Waals surface area contributed by atoms with Gasteiger partial charge in [0, 0.05) is 6.54 Å². The highest BCUT2D eigenvalue weighted by Crippen LogP contribution is 2.29. The molecule has 0 unspecified atom stereocenters. The second-order valence-corrected chi connectivity index (χ2v) is 3.19. The molecule has 0 aromatic heterocycles. The Morgan fingerprint density at radius 1 is 1.58 bits per heavy atom. The lowest BCUT2D eigenvalue weighted by Crippen LogP contribution is -2.43. The van der Waals surface area contributed by atoms with Gasteiger partial charge in [-0.1, -0.05) is 0 Å². The molecule has 5 heteroatoms. The molecule has 5 nitrogen and oxygen atoms in total. The van der Waals surface area contributed by atoms with Gasteiger partial charge in [0.1, 0.15) is 6.10 Å². The monoisotopic (exact) mass is 173 g/mol. The molecule has 2 aliphatic rings. The van der Waals surface area contributed by atoms with E-state index in [9.17, 15) is 9.90 Å². The summed E-state index contributed by atoms with van der Waals surface area (Å²) in [6.07, 6.45) is -0.995. The van der Waals surface area contributed by atoms with E-state index in [-0.39, 0.29) is 18.8 Å². The number of carbonyl (C=O) groups is 1. The average Bonchev–Trinajstić information content (AvgIpc) is 2.53. The van der Waals surface area contributed by atoms with Gasteiger partial charge < -0.3 is 14.9 Å². The van der Waals surface area contributed by atoms with Crippen LogP contribution in [-0.2, 0) is 4.74 Å². The lowest BCUT2D eigenvalue weighted by molar-refractivity contribution is 0.0784. The molecule has 2 fully saturated rings. The predicted molar refractivity (Wildman–Crippen MR) is 38.9 cm³/mol. The smallest absolute Gasteiger partial charge is 0.407 e. The van der Waals surface area contributed by atoms with Crippen LogP contribution in [0.2, 0.25) is 0 Å². The summed E-state index contributed by atoms with van der Waals surface area (Å²) in [7, 11) is 0. The molecular weight excluding hydrogens is 162 g/mol. The molecule has 2 N–H and O–H groups in total. The molecule has 0 aromatic carbocycles. The Labute approximate surface area is 69.5 Å². The molecular formula is C7H11NO4. The number of nitrogens with zero attached hydrogens (tertiary/aromatic N) is 1. The fraction of sp³-hybridized carbons (Fsp3) is 0.857. The average molecular weight is 173 g/mol. The number of carboxylic acid groups (broad SMARTS) is 1. The zero-order valence-electron chi connectivity index (χ0n) is 6.51. The van der Waals surface area contributed by atoms with Gasteiger partial charge in [0.25, 0.3) is 0 Å². The summed E-state index contributed by atoms with van der Waals surface area (Å²) in [6.45, 7) is 0.737. The lowest BCUT2D eigenvalue weighted by atomic mass is 10.1. The Morgan fingerprint density at radius 2 is 2.33 bits per heavy atom. The molecule has 2 aliphatic heterocycles. The molecule has 0 radical (unpaired) electrons. The zero-order valence-corrected chi connectivity index (χ0v) is 6.51. The van der Waals surface area contributed by atoms with E-state index in [0.717, 1.165) is 0 Å². The van der Waals surface area contributed by atoms with Gasteiger partial charge in [0.15, 0.2) is 0 Å². The number of ether oxygens (including phenoxy) is 1. The first kappa shape index (κ1) is 7.82. The fourth-order valence-electron chi connectivity index (χ4n) is 1.97. The van der Waals surface area contributed by atoms with E-state index in [2.05, 4.69) is 0 Å². The van der Waals surface area contributed by atoms with E-state index < -0.39 is 12.2 Å². The van der Waals surface area contributed by atoms with Crippen LogP contribution in [0.25, 0.3) is 0 Å². The lowest BCUT2D eigenvalue weighted by Gasteiger charge is -2.21. The molecule has 3 atom stereocenters. The predicted octanol–water partition coefficient (Wildman–Crippen LogP) is -0.502. The third-order valence-corrected chi connectivity index (χ3v) is 2.52. The number of aliphatic hydroxyl groups is 1. The van der Waals surface area contributed by atoms with Crippen LogP contribution in [0.15, 0.2) is 0 Å². The summed E-state index contributed by atoms with van der Waals surface area (Å²) in [4.78, 5) is 11.9. The first-order valence-corrected chi connectivity index (χ1v) is 3.99. The minimum absolute atomic E-state index is 0.0869. The van der Waals surface area contributed by atoms with Gasteiger partial charge in [-0.05, 0) is 6.42 Å². The van der Waals surface area contributed by atoms with E-state index in [1.807, 2.05) is 0 Å². The second kappa shape index (κ2) is 2.60. The van der Waals surface area contributed by atoms with Crippen LogP contribution < -0.4 is 0 Å². The molecule has 2 heterocycles. The highest BCUT2D eigenvalue weighted by Gasteiger charge is 2.46. The van der Waals surface area contributed by atoms with Crippen molar-refractivity contribution < 1.29 is 19.7 Å². The van der Waals surface area contributed by atoms with E-state index in [4.69, 9.17) is 9.84 Å². The summed E-state index contributed by atoms with van der Waals surface area (Å²) in [5, 5.41) is 18.1. The topological polar surface area (TPSA) is 70.0 Å². The van der Waals surface area contributed by atoms with Crippen molar-refractivity contribution in [2.45, 2.75) is 24.7 Å². The summed E-state index contributed by atoms with van der Waals surface area (Å²) >= 11 is 0. The van der Waals surface area contributed by atoms with E-state index in [1.165, 1.54) is 4.90 Å². The van der Waals surface area contributed by atoms with Crippen molar-refractivity contribution in [3.05, 3.63) is 0 Å². The van der Waals surface area contributed by atoms with E-state index in [1.54, 1.807) is 0 Å². The molecule has 0 aliphatic carbocycles. The maximum absolute atomic E-state index is 10.6. The molecule has 2 saturated heterocycles. The van der Waals surface area contributed by atoms with Crippen LogP contribution in [0.5, 0.6) is 0 Å². The Morgan fingerprint density at radius 3 is 3.00 bits per heavy atom. The Kier molecular flexibility index (Phi) is 1.69. The molecule has 1 amide bonds. The van der Waals surface area contributed by atoms with Crippen LogP contribution in [0.1, 0.15) is 6.42 Å². The van der Waals surface area contributed by atoms with Gasteiger partial charge in [-0.2, -0.15) is 0 Å².